The Kier molecular flexibility index (Phi) is 4.98. The molecule has 0 radical (unpaired) electrons. The van der Waals surface area contributed by atoms with Crippen molar-refractivity contribution >= 4 is 24.2 Å². The van der Waals surface area contributed by atoms with Crippen LogP contribution in [-0.2, 0) is 28.7 Å². The first kappa shape index (κ1) is 18.4. The Morgan fingerprint density at radius 3 is 2.96 bits per heavy atom. The predicted octanol–water partition coefficient (Wildman–Crippen LogP) is 0.413. The number of fused-ring (bicyclic) bond motifs is 1. The van der Waals surface area contributed by atoms with Gasteiger partial charge in [0.1, 0.15) is 0 Å². The van der Waals surface area contributed by atoms with E-state index in [1.54, 1.807) is 6.07 Å². The number of halogens is 3. The summed E-state index contributed by atoms with van der Waals surface area (Å²) in [6.45, 7) is 0.000975. The lowest BCUT2D eigenvalue weighted by molar-refractivity contribution is -0.144. The van der Waals surface area contributed by atoms with Gasteiger partial charge in [-0.05, 0) is 23.2 Å². The number of alkyl halides is 3. The molecule has 0 saturated carbocycles. The maximum Gasteiger partial charge on any atom is 0.491 e. The smallest absolute Gasteiger partial charge is 0.423 e. The van der Waals surface area contributed by atoms with Crippen molar-refractivity contribution in [3.63, 3.8) is 0 Å². The number of carbonyl (C=O) groups excluding carboxylic acids is 1. The molecule has 12 heteroatoms. The van der Waals surface area contributed by atoms with Gasteiger partial charge in [-0.15, -0.1) is 5.10 Å². The zero-order valence-electron chi connectivity index (χ0n) is 13.6. The second-order valence-corrected chi connectivity index (χ2v) is 5.53. The van der Waals surface area contributed by atoms with Crippen LogP contribution < -0.4 is 10.8 Å². The summed E-state index contributed by atoms with van der Waals surface area (Å²) in [6, 6.07) is 4.55. The number of aromatic nitrogens is 3. The fraction of sp³-hybridized carbons (Fsp3) is 0.357. The van der Waals surface area contributed by atoms with E-state index in [0.29, 0.717) is 10.1 Å². The molecule has 2 heterocycles. The molecule has 2 N–H and O–H groups in total. The van der Waals surface area contributed by atoms with Gasteiger partial charge in [0.05, 0.1) is 19.8 Å². The summed E-state index contributed by atoms with van der Waals surface area (Å²) >= 11 is 0. The van der Waals surface area contributed by atoms with Crippen molar-refractivity contribution in [2.75, 3.05) is 19.0 Å². The van der Waals surface area contributed by atoms with Gasteiger partial charge in [0.2, 0.25) is 0 Å². The highest BCUT2D eigenvalue weighted by Crippen LogP contribution is 2.31. The Labute approximate surface area is 146 Å². The summed E-state index contributed by atoms with van der Waals surface area (Å²) in [4.78, 5) is 12.3. The van der Waals surface area contributed by atoms with Crippen molar-refractivity contribution in [2.24, 2.45) is 0 Å². The number of hydrogen-bond acceptors (Lipinski definition) is 6. The molecule has 2 aromatic rings. The van der Waals surface area contributed by atoms with Crippen molar-refractivity contribution in [1.29, 1.82) is 0 Å². The number of methoxy groups -OCH3 is 1. The molecule has 0 unspecified atom stereocenters. The van der Waals surface area contributed by atoms with Crippen LogP contribution in [0.4, 0.5) is 18.9 Å². The highest BCUT2D eigenvalue weighted by Gasteiger charge is 2.41. The SMILES string of the molecule is COCCn1nnc(C(=O)Nc2ccc3c(c2)B(O)OC3)c1C(F)(F)F. The predicted molar refractivity (Wildman–Crippen MR) is 83.7 cm³/mol. The monoisotopic (exact) mass is 370 g/mol. The first-order chi connectivity index (χ1) is 12.3. The molecule has 1 aliphatic rings. The molecule has 1 aromatic heterocycles. The lowest BCUT2D eigenvalue weighted by Gasteiger charge is -2.11. The van der Waals surface area contributed by atoms with Gasteiger partial charge in [-0.3, -0.25) is 4.79 Å². The molecule has 138 valence electrons. The lowest BCUT2D eigenvalue weighted by atomic mass is 9.79. The van der Waals surface area contributed by atoms with E-state index in [1.165, 1.54) is 19.2 Å². The summed E-state index contributed by atoms with van der Waals surface area (Å²) in [7, 11) is 0.201. The Bertz CT molecular complexity index is 827. The van der Waals surface area contributed by atoms with Gasteiger partial charge in [-0.2, -0.15) is 13.2 Å². The quantitative estimate of drug-likeness (QED) is 0.741. The second kappa shape index (κ2) is 7.06. The van der Waals surface area contributed by atoms with Gasteiger partial charge >= 0.3 is 13.3 Å². The van der Waals surface area contributed by atoms with Gasteiger partial charge < -0.3 is 19.7 Å². The van der Waals surface area contributed by atoms with E-state index in [1.807, 2.05) is 0 Å². The van der Waals surface area contributed by atoms with Crippen LogP contribution in [0.3, 0.4) is 0 Å². The summed E-state index contributed by atoms with van der Waals surface area (Å²) in [6.07, 6.45) is -4.81. The number of nitrogens with zero attached hydrogens (tertiary/aromatic N) is 3. The Morgan fingerprint density at radius 1 is 1.50 bits per heavy atom. The van der Waals surface area contributed by atoms with Crippen LogP contribution in [-0.4, -0.2) is 46.8 Å². The van der Waals surface area contributed by atoms with Crippen LogP contribution in [0.25, 0.3) is 0 Å². The largest absolute Gasteiger partial charge is 0.491 e. The molecule has 1 aromatic carbocycles. The number of nitrogens with one attached hydrogen (secondary N) is 1. The minimum atomic E-state index is -4.81. The first-order valence-electron chi connectivity index (χ1n) is 7.54. The minimum absolute atomic E-state index is 0.0176. The van der Waals surface area contributed by atoms with E-state index in [4.69, 9.17) is 9.39 Å². The van der Waals surface area contributed by atoms with Gasteiger partial charge in [0, 0.05) is 12.8 Å². The molecule has 3 rings (SSSR count). The molecule has 1 aliphatic heterocycles. The molecule has 0 bridgehead atoms. The Morgan fingerprint density at radius 2 is 2.27 bits per heavy atom. The average molecular weight is 370 g/mol. The third-order valence-corrected chi connectivity index (χ3v) is 3.79. The highest BCUT2D eigenvalue weighted by atomic mass is 19.4. The van der Waals surface area contributed by atoms with Crippen molar-refractivity contribution < 1.29 is 32.4 Å². The van der Waals surface area contributed by atoms with Gasteiger partial charge in [-0.1, -0.05) is 11.3 Å². The molecule has 26 heavy (non-hydrogen) atoms. The van der Waals surface area contributed by atoms with Gasteiger partial charge in [-0.25, -0.2) is 4.68 Å². The Hall–Kier alpha value is -2.44. The minimum Gasteiger partial charge on any atom is -0.423 e. The van der Waals surface area contributed by atoms with Crippen LogP contribution >= 0.6 is 0 Å². The van der Waals surface area contributed by atoms with E-state index < -0.39 is 30.6 Å². The van der Waals surface area contributed by atoms with Crippen LogP contribution in [0, 0.1) is 0 Å². The number of hydrogen-bond donors (Lipinski definition) is 2. The molecule has 0 fully saturated rings. The molecular formula is C14H14BF3N4O4. The van der Waals surface area contributed by atoms with Crippen LogP contribution in [0.2, 0.25) is 0 Å². The van der Waals surface area contributed by atoms with E-state index in [9.17, 15) is 23.0 Å². The van der Waals surface area contributed by atoms with Crippen LogP contribution in [0.1, 0.15) is 21.7 Å². The van der Waals surface area contributed by atoms with Gasteiger partial charge in [0.25, 0.3) is 5.91 Å². The van der Waals surface area contributed by atoms with Crippen molar-refractivity contribution in [3.8, 4) is 0 Å². The van der Waals surface area contributed by atoms with E-state index in [-0.39, 0.29) is 25.4 Å². The molecule has 0 saturated heterocycles. The standard InChI is InChI=1S/C14H14BF3N4O4/c1-25-5-4-22-12(14(16,17)18)11(20-21-22)13(23)19-9-3-2-8-7-26-15(24)10(8)6-9/h2-3,6,24H,4-5,7H2,1H3,(H,19,23). The Balaban J connectivity index is 1.86. The second-order valence-electron chi connectivity index (χ2n) is 5.53. The number of amides is 1. The fourth-order valence-corrected chi connectivity index (χ4v) is 2.56. The van der Waals surface area contributed by atoms with E-state index >= 15 is 0 Å². The molecule has 0 spiro atoms. The topological polar surface area (TPSA) is 98.5 Å². The third-order valence-electron chi connectivity index (χ3n) is 3.79. The number of ether oxygens (including phenoxy) is 1. The fourth-order valence-electron chi connectivity index (χ4n) is 2.56. The normalized spacial score (nSPS) is 13.8. The number of rotatable bonds is 5. The summed E-state index contributed by atoms with van der Waals surface area (Å²) in [5.41, 5.74) is -0.708. The van der Waals surface area contributed by atoms with Crippen molar-refractivity contribution in [2.45, 2.75) is 19.3 Å². The van der Waals surface area contributed by atoms with Crippen molar-refractivity contribution in [1.82, 2.24) is 15.0 Å². The van der Waals surface area contributed by atoms with Crippen LogP contribution in [0.5, 0.6) is 0 Å². The van der Waals surface area contributed by atoms with Crippen molar-refractivity contribution in [3.05, 3.63) is 35.2 Å². The van der Waals surface area contributed by atoms with E-state index in [0.717, 1.165) is 5.56 Å². The summed E-state index contributed by atoms with van der Waals surface area (Å²) < 4.78 is 50.3. The molecule has 0 aliphatic carbocycles. The number of anilines is 1. The molecule has 0 atom stereocenters. The zero-order valence-corrected chi connectivity index (χ0v) is 13.6. The number of benzene rings is 1. The highest BCUT2D eigenvalue weighted by molar-refractivity contribution is 6.61. The van der Waals surface area contributed by atoms with Crippen LogP contribution in [0.15, 0.2) is 18.2 Å². The van der Waals surface area contributed by atoms with E-state index in [2.05, 4.69) is 15.6 Å². The maximum atomic E-state index is 13.3. The summed E-state index contributed by atoms with van der Waals surface area (Å²) in [5, 5.41) is 18.8. The molecule has 8 nitrogen and oxygen atoms in total. The first-order valence-corrected chi connectivity index (χ1v) is 7.54. The lowest BCUT2D eigenvalue weighted by Crippen LogP contribution is -2.28. The zero-order chi connectivity index (χ0) is 18.9. The van der Waals surface area contributed by atoms with Gasteiger partial charge in [0.15, 0.2) is 11.4 Å². The summed E-state index contributed by atoms with van der Waals surface area (Å²) in [5.74, 6) is -1.06. The maximum absolute atomic E-state index is 13.3. The molecule has 1 amide bonds. The number of carbonyl (C=O) groups is 1. The molecular weight excluding hydrogens is 356 g/mol. The average Bonchev–Trinajstić information content (AvgIpc) is 3.17. The third kappa shape index (κ3) is 3.57.